The number of carbonyl (C=O) groups is 1. The predicted molar refractivity (Wildman–Crippen MR) is 95.3 cm³/mol. The number of nitrogens with two attached hydrogens (primary N) is 1. The number of primary amides is 1. The zero-order chi connectivity index (χ0) is 18.0. The first-order valence-corrected chi connectivity index (χ1v) is 8.43. The van der Waals surface area contributed by atoms with E-state index in [0.29, 0.717) is 0 Å². The summed E-state index contributed by atoms with van der Waals surface area (Å²) in [5, 5.41) is 0. The van der Waals surface area contributed by atoms with E-state index in [1.54, 1.807) is 4.90 Å². The standard InChI is InChI=1S/C11H26N4O.C5H11NO/c1-7-9(13(3)4)15(11(12)16)10(8-2)14(5)6;1-6-2-4-7-5-3-6/h9-10H,7-8H2,1-6H3,(H2,12,16);2-5H2,1H3. The quantitative estimate of drug-likeness (QED) is 0.733. The molecule has 0 bridgehead atoms. The fraction of sp³-hybridized carbons (Fsp3) is 0.938. The minimum absolute atomic E-state index is 0.0462. The molecule has 1 rings (SSSR count). The molecule has 138 valence electrons. The lowest BCUT2D eigenvalue weighted by molar-refractivity contribution is 0.0162. The van der Waals surface area contributed by atoms with Gasteiger partial charge in [-0.2, -0.15) is 0 Å². The smallest absolute Gasteiger partial charge is 0.317 e. The van der Waals surface area contributed by atoms with Crippen molar-refractivity contribution in [3.8, 4) is 0 Å². The molecule has 7 nitrogen and oxygen atoms in total. The number of hydrogen-bond acceptors (Lipinski definition) is 5. The lowest BCUT2D eigenvalue weighted by atomic mass is 10.2. The number of rotatable bonds is 6. The molecule has 23 heavy (non-hydrogen) atoms. The van der Waals surface area contributed by atoms with Crippen LogP contribution in [0.5, 0.6) is 0 Å². The van der Waals surface area contributed by atoms with Crippen LogP contribution in [0.3, 0.4) is 0 Å². The molecule has 2 amide bonds. The van der Waals surface area contributed by atoms with E-state index in [1.807, 2.05) is 38.0 Å². The van der Waals surface area contributed by atoms with Crippen LogP contribution in [0.15, 0.2) is 0 Å². The van der Waals surface area contributed by atoms with Crippen LogP contribution < -0.4 is 5.73 Å². The summed E-state index contributed by atoms with van der Waals surface area (Å²) in [5.74, 6) is 0. The molecule has 1 heterocycles. The Bertz CT molecular complexity index is 304. The lowest BCUT2D eigenvalue weighted by Gasteiger charge is -2.42. The first-order valence-electron chi connectivity index (χ1n) is 8.43. The second-order valence-corrected chi connectivity index (χ2v) is 6.37. The van der Waals surface area contributed by atoms with Gasteiger partial charge < -0.3 is 15.4 Å². The third-order valence-electron chi connectivity index (χ3n) is 4.05. The minimum atomic E-state index is -0.360. The van der Waals surface area contributed by atoms with Crippen molar-refractivity contribution in [3.05, 3.63) is 0 Å². The summed E-state index contributed by atoms with van der Waals surface area (Å²) in [4.78, 5) is 19.7. The van der Waals surface area contributed by atoms with Gasteiger partial charge >= 0.3 is 6.03 Å². The average molecular weight is 332 g/mol. The zero-order valence-electron chi connectivity index (χ0n) is 16.1. The third kappa shape index (κ3) is 7.97. The topological polar surface area (TPSA) is 65.3 Å². The minimum Gasteiger partial charge on any atom is -0.379 e. The van der Waals surface area contributed by atoms with Gasteiger partial charge in [-0.25, -0.2) is 4.79 Å². The maximum atomic E-state index is 11.6. The fourth-order valence-corrected chi connectivity index (χ4v) is 2.77. The summed E-state index contributed by atoms with van der Waals surface area (Å²) in [7, 11) is 9.97. The SMILES string of the molecule is CCC(N(C)C)N(C(N)=O)C(CC)N(C)C.CN1CCOCC1. The lowest BCUT2D eigenvalue weighted by Crippen LogP contribution is -2.58. The van der Waals surface area contributed by atoms with E-state index in [4.69, 9.17) is 10.5 Å². The van der Waals surface area contributed by atoms with Crippen molar-refractivity contribution in [1.82, 2.24) is 19.6 Å². The number of nitrogens with zero attached hydrogens (tertiary/aromatic N) is 4. The Hall–Kier alpha value is -0.890. The third-order valence-corrected chi connectivity index (χ3v) is 4.05. The van der Waals surface area contributed by atoms with Crippen molar-refractivity contribution in [3.63, 3.8) is 0 Å². The molecule has 1 aliphatic heterocycles. The van der Waals surface area contributed by atoms with E-state index >= 15 is 0 Å². The summed E-state index contributed by atoms with van der Waals surface area (Å²) < 4.78 is 5.10. The summed E-state index contributed by atoms with van der Waals surface area (Å²) in [6.45, 7) is 8.14. The first kappa shape index (κ1) is 22.1. The highest BCUT2D eigenvalue weighted by Gasteiger charge is 2.29. The molecule has 0 aromatic heterocycles. The molecule has 2 atom stereocenters. The van der Waals surface area contributed by atoms with Gasteiger partial charge in [0, 0.05) is 13.1 Å². The van der Waals surface area contributed by atoms with Crippen LogP contribution in [0.4, 0.5) is 4.79 Å². The molecule has 7 heteroatoms. The highest BCUT2D eigenvalue weighted by atomic mass is 16.5. The summed E-state index contributed by atoms with van der Waals surface area (Å²) in [5.41, 5.74) is 5.50. The molecule has 1 aliphatic rings. The zero-order valence-corrected chi connectivity index (χ0v) is 16.1. The number of hydrogen-bond donors (Lipinski definition) is 1. The van der Waals surface area contributed by atoms with Gasteiger partial charge in [0.15, 0.2) is 0 Å². The van der Waals surface area contributed by atoms with E-state index in [0.717, 1.165) is 39.1 Å². The monoisotopic (exact) mass is 331 g/mol. The number of ether oxygens (including phenoxy) is 1. The second kappa shape index (κ2) is 11.6. The van der Waals surface area contributed by atoms with Crippen LogP contribution in [0.2, 0.25) is 0 Å². The fourth-order valence-electron chi connectivity index (χ4n) is 2.77. The molecular weight excluding hydrogens is 294 g/mol. The van der Waals surface area contributed by atoms with Gasteiger partial charge in [-0.05, 0) is 48.1 Å². The highest BCUT2D eigenvalue weighted by Crippen LogP contribution is 2.15. The maximum absolute atomic E-state index is 11.6. The number of urea groups is 1. The van der Waals surface area contributed by atoms with E-state index in [-0.39, 0.29) is 18.4 Å². The maximum Gasteiger partial charge on any atom is 0.317 e. The molecule has 1 fully saturated rings. The molecule has 0 saturated carbocycles. The van der Waals surface area contributed by atoms with E-state index in [1.165, 1.54) is 0 Å². The normalized spacial score (nSPS) is 18.3. The van der Waals surface area contributed by atoms with Gasteiger partial charge in [-0.15, -0.1) is 0 Å². The van der Waals surface area contributed by atoms with Crippen LogP contribution in [-0.4, -0.2) is 99.5 Å². The highest BCUT2D eigenvalue weighted by molar-refractivity contribution is 5.72. The van der Waals surface area contributed by atoms with Gasteiger partial charge in [-0.3, -0.25) is 14.7 Å². The Morgan fingerprint density at radius 1 is 1.04 bits per heavy atom. The number of morpholine rings is 1. The largest absolute Gasteiger partial charge is 0.379 e. The molecule has 0 aromatic carbocycles. The van der Waals surface area contributed by atoms with E-state index in [9.17, 15) is 4.79 Å². The summed E-state index contributed by atoms with van der Waals surface area (Å²) in [6.07, 6.45) is 1.82. The van der Waals surface area contributed by atoms with Crippen molar-refractivity contribution in [2.75, 3.05) is 61.5 Å². The van der Waals surface area contributed by atoms with Crippen molar-refractivity contribution in [2.45, 2.75) is 39.0 Å². The van der Waals surface area contributed by atoms with E-state index in [2.05, 4.69) is 25.8 Å². The predicted octanol–water partition coefficient (Wildman–Crippen LogP) is 0.911. The van der Waals surface area contributed by atoms with Gasteiger partial charge in [0.25, 0.3) is 0 Å². The van der Waals surface area contributed by atoms with Crippen LogP contribution in [-0.2, 0) is 4.74 Å². The number of likely N-dealkylation sites (N-methyl/N-ethyl adjacent to an activating group) is 1. The molecule has 2 N–H and O–H groups in total. The molecule has 0 aliphatic carbocycles. The van der Waals surface area contributed by atoms with Crippen LogP contribution in [0, 0.1) is 0 Å². The Morgan fingerprint density at radius 3 is 1.61 bits per heavy atom. The summed E-state index contributed by atoms with van der Waals surface area (Å²) in [6, 6.07) is -0.360. The van der Waals surface area contributed by atoms with Crippen molar-refractivity contribution < 1.29 is 9.53 Å². The Labute approximate surface area is 142 Å². The van der Waals surface area contributed by atoms with Gasteiger partial charge in [0.2, 0.25) is 0 Å². The van der Waals surface area contributed by atoms with E-state index < -0.39 is 0 Å². The van der Waals surface area contributed by atoms with Gasteiger partial charge in [0.1, 0.15) is 0 Å². The van der Waals surface area contributed by atoms with Crippen molar-refractivity contribution >= 4 is 6.03 Å². The molecule has 0 radical (unpaired) electrons. The Balaban J connectivity index is 0.000000568. The molecule has 1 saturated heterocycles. The molecular formula is C16H37N5O2. The van der Waals surface area contributed by atoms with Crippen LogP contribution in [0.1, 0.15) is 26.7 Å². The van der Waals surface area contributed by atoms with Crippen LogP contribution in [0.25, 0.3) is 0 Å². The van der Waals surface area contributed by atoms with Gasteiger partial charge in [0.05, 0.1) is 25.5 Å². The molecule has 0 aromatic rings. The van der Waals surface area contributed by atoms with Crippen molar-refractivity contribution in [2.24, 2.45) is 5.73 Å². The van der Waals surface area contributed by atoms with Crippen LogP contribution >= 0.6 is 0 Å². The first-order chi connectivity index (χ1) is 10.8. The average Bonchev–Trinajstić information content (AvgIpc) is 2.47. The molecule has 0 spiro atoms. The van der Waals surface area contributed by atoms with Crippen molar-refractivity contribution in [1.29, 1.82) is 0 Å². The number of carbonyl (C=O) groups excluding carboxylic acids is 1. The second-order valence-electron chi connectivity index (χ2n) is 6.37. The Kier molecular flexibility index (Phi) is 11.2. The summed E-state index contributed by atoms with van der Waals surface area (Å²) >= 11 is 0. The number of amides is 2. The molecule has 2 unspecified atom stereocenters. The van der Waals surface area contributed by atoms with Gasteiger partial charge in [-0.1, -0.05) is 13.8 Å². The Morgan fingerprint density at radius 2 is 1.43 bits per heavy atom.